The maximum Gasteiger partial charge on any atom is 0.125 e. The number of anilines is 1. The van der Waals surface area contributed by atoms with Crippen LogP contribution in [0.4, 0.5) is 5.69 Å². The number of nitrogens with one attached hydrogen (secondary N) is 1. The van der Waals surface area contributed by atoms with Crippen LogP contribution >= 0.6 is 39.1 Å². The van der Waals surface area contributed by atoms with Gasteiger partial charge in [0.05, 0.1) is 24.8 Å². The SMILES string of the molecule is COc1cccc(Cl)c1C(CO)Nc1ccc(Cl)c(Br)c1. The average molecular weight is 391 g/mol. The van der Waals surface area contributed by atoms with Gasteiger partial charge in [-0.05, 0) is 46.3 Å². The summed E-state index contributed by atoms with van der Waals surface area (Å²) in [5.74, 6) is 0.627. The van der Waals surface area contributed by atoms with Gasteiger partial charge in [-0.1, -0.05) is 29.3 Å². The fourth-order valence-electron chi connectivity index (χ4n) is 2.03. The molecule has 0 aliphatic carbocycles. The third kappa shape index (κ3) is 3.83. The van der Waals surface area contributed by atoms with Gasteiger partial charge in [0.25, 0.3) is 0 Å². The molecule has 112 valence electrons. The Labute approximate surface area is 142 Å². The predicted octanol–water partition coefficient (Wildman–Crippen LogP) is 4.91. The zero-order chi connectivity index (χ0) is 15.4. The zero-order valence-corrected chi connectivity index (χ0v) is 14.3. The van der Waals surface area contributed by atoms with Gasteiger partial charge in [0.1, 0.15) is 5.75 Å². The van der Waals surface area contributed by atoms with E-state index >= 15 is 0 Å². The highest BCUT2D eigenvalue weighted by atomic mass is 79.9. The molecule has 0 heterocycles. The van der Waals surface area contributed by atoms with Crippen LogP contribution in [0.25, 0.3) is 0 Å². The van der Waals surface area contributed by atoms with E-state index in [-0.39, 0.29) is 12.6 Å². The molecule has 0 aliphatic rings. The van der Waals surface area contributed by atoms with Gasteiger partial charge < -0.3 is 15.2 Å². The van der Waals surface area contributed by atoms with Crippen molar-refractivity contribution < 1.29 is 9.84 Å². The number of aliphatic hydroxyl groups is 1. The second-order valence-electron chi connectivity index (χ2n) is 4.36. The van der Waals surface area contributed by atoms with E-state index in [4.69, 9.17) is 27.9 Å². The van der Waals surface area contributed by atoms with Crippen LogP contribution in [0.2, 0.25) is 10.0 Å². The second-order valence-corrected chi connectivity index (χ2v) is 6.03. The summed E-state index contributed by atoms with van der Waals surface area (Å²) in [5, 5.41) is 14.1. The van der Waals surface area contributed by atoms with Crippen molar-refractivity contribution in [2.45, 2.75) is 6.04 Å². The molecule has 0 saturated heterocycles. The average Bonchev–Trinajstić information content (AvgIpc) is 2.48. The third-order valence-corrected chi connectivity index (χ3v) is 4.57. The number of benzene rings is 2. The van der Waals surface area contributed by atoms with E-state index in [1.54, 1.807) is 25.3 Å². The van der Waals surface area contributed by atoms with Crippen molar-refractivity contribution in [1.82, 2.24) is 0 Å². The van der Waals surface area contributed by atoms with Crippen molar-refractivity contribution in [1.29, 1.82) is 0 Å². The topological polar surface area (TPSA) is 41.5 Å². The fourth-order valence-corrected chi connectivity index (χ4v) is 2.82. The molecule has 0 fully saturated rings. The van der Waals surface area contributed by atoms with E-state index in [2.05, 4.69) is 21.2 Å². The monoisotopic (exact) mass is 389 g/mol. The lowest BCUT2D eigenvalue weighted by atomic mass is 10.1. The number of halogens is 3. The van der Waals surface area contributed by atoms with E-state index in [0.717, 1.165) is 15.7 Å². The molecule has 6 heteroatoms. The summed E-state index contributed by atoms with van der Waals surface area (Å²) < 4.78 is 6.10. The van der Waals surface area contributed by atoms with E-state index in [1.807, 2.05) is 18.2 Å². The summed E-state index contributed by atoms with van der Waals surface area (Å²) >= 11 is 15.6. The standard InChI is InChI=1S/C15H14BrCl2NO2/c1-21-14-4-2-3-12(18)15(14)13(8-20)19-9-5-6-11(17)10(16)7-9/h2-7,13,19-20H,8H2,1H3. The molecule has 0 radical (unpaired) electrons. The van der Waals surface area contributed by atoms with E-state index in [0.29, 0.717) is 15.8 Å². The number of hydrogen-bond donors (Lipinski definition) is 2. The minimum absolute atomic E-state index is 0.125. The van der Waals surface area contributed by atoms with E-state index in [9.17, 15) is 5.11 Å². The van der Waals surface area contributed by atoms with Crippen LogP contribution in [0.1, 0.15) is 11.6 Å². The summed E-state index contributed by atoms with van der Waals surface area (Å²) in [6.07, 6.45) is 0. The number of rotatable bonds is 5. The van der Waals surface area contributed by atoms with Crippen molar-refractivity contribution in [3.8, 4) is 5.75 Å². The van der Waals surface area contributed by atoms with Crippen LogP contribution in [0, 0.1) is 0 Å². The van der Waals surface area contributed by atoms with Gasteiger partial charge in [-0.2, -0.15) is 0 Å². The van der Waals surface area contributed by atoms with Gasteiger partial charge in [-0.3, -0.25) is 0 Å². The molecule has 0 aromatic heterocycles. The minimum atomic E-state index is -0.387. The number of ether oxygens (including phenoxy) is 1. The van der Waals surface area contributed by atoms with Crippen molar-refractivity contribution in [3.63, 3.8) is 0 Å². The third-order valence-electron chi connectivity index (χ3n) is 3.02. The van der Waals surface area contributed by atoms with Gasteiger partial charge in [0.2, 0.25) is 0 Å². The molecule has 2 rings (SSSR count). The van der Waals surface area contributed by atoms with Gasteiger partial charge in [0, 0.05) is 20.7 Å². The summed E-state index contributed by atoms with van der Waals surface area (Å²) in [5.41, 5.74) is 1.53. The van der Waals surface area contributed by atoms with Crippen LogP contribution in [0.3, 0.4) is 0 Å². The van der Waals surface area contributed by atoms with Crippen LogP contribution in [0.5, 0.6) is 5.75 Å². The van der Waals surface area contributed by atoms with Crippen molar-refractivity contribution in [2.75, 3.05) is 19.0 Å². The first-order valence-electron chi connectivity index (χ1n) is 6.21. The van der Waals surface area contributed by atoms with Crippen LogP contribution < -0.4 is 10.1 Å². The molecular weight excluding hydrogens is 377 g/mol. The van der Waals surface area contributed by atoms with Gasteiger partial charge in [0.15, 0.2) is 0 Å². The van der Waals surface area contributed by atoms with Crippen LogP contribution in [-0.4, -0.2) is 18.8 Å². The summed E-state index contributed by atoms with van der Waals surface area (Å²) in [6.45, 7) is -0.125. The molecule has 0 saturated carbocycles. The predicted molar refractivity (Wildman–Crippen MR) is 90.6 cm³/mol. The molecule has 2 N–H and O–H groups in total. The molecule has 3 nitrogen and oxygen atoms in total. The molecule has 0 aliphatic heterocycles. The Morgan fingerprint density at radius 3 is 2.62 bits per heavy atom. The zero-order valence-electron chi connectivity index (χ0n) is 11.2. The molecule has 0 bridgehead atoms. The Bertz CT molecular complexity index is 637. The fraction of sp³-hybridized carbons (Fsp3) is 0.200. The lowest BCUT2D eigenvalue weighted by Gasteiger charge is -2.21. The van der Waals surface area contributed by atoms with Crippen molar-refractivity contribution >= 4 is 44.8 Å². The first-order valence-corrected chi connectivity index (χ1v) is 7.76. The number of aliphatic hydroxyl groups excluding tert-OH is 1. The number of hydrogen-bond acceptors (Lipinski definition) is 3. The Morgan fingerprint density at radius 1 is 1.24 bits per heavy atom. The summed E-state index contributed by atoms with van der Waals surface area (Å²) in [6, 6.07) is 10.4. The van der Waals surface area contributed by atoms with Gasteiger partial charge >= 0.3 is 0 Å². The highest BCUT2D eigenvalue weighted by molar-refractivity contribution is 9.10. The molecule has 1 atom stereocenters. The Morgan fingerprint density at radius 2 is 2.00 bits per heavy atom. The highest BCUT2D eigenvalue weighted by Gasteiger charge is 2.19. The van der Waals surface area contributed by atoms with Crippen LogP contribution in [0.15, 0.2) is 40.9 Å². The number of methoxy groups -OCH3 is 1. The first kappa shape index (κ1) is 16.4. The van der Waals surface area contributed by atoms with Crippen LogP contribution in [-0.2, 0) is 0 Å². The minimum Gasteiger partial charge on any atom is -0.496 e. The second kappa shape index (κ2) is 7.36. The van der Waals surface area contributed by atoms with E-state index < -0.39 is 0 Å². The Balaban J connectivity index is 2.34. The van der Waals surface area contributed by atoms with Gasteiger partial charge in [-0.15, -0.1) is 0 Å². The maximum absolute atomic E-state index is 9.69. The van der Waals surface area contributed by atoms with Crippen molar-refractivity contribution in [3.05, 3.63) is 56.5 Å². The largest absolute Gasteiger partial charge is 0.496 e. The quantitative estimate of drug-likeness (QED) is 0.761. The Kier molecular flexibility index (Phi) is 5.76. The first-order chi connectivity index (χ1) is 10.1. The Hall–Kier alpha value is -0.940. The summed E-state index contributed by atoms with van der Waals surface area (Å²) in [7, 11) is 1.57. The molecule has 1 unspecified atom stereocenters. The smallest absolute Gasteiger partial charge is 0.125 e. The lowest BCUT2D eigenvalue weighted by molar-refractivity contribution is 0.273. The highest BCUT2D eigenvalue weighted by Crippen LogP contribution is 2.35. The van der Waals surface area contributed by atoms with Crippen molar-refractivity contribution in [2.24, 2.45) is 0 Å². The lowest BCUT2D eigenvalue weighted by Crippen LogP contribution is -2.16. The van der Waals surface area contributed by atoms with Gasteiger partial charge in [-0.25, -0.2) is 0 Å². The summed E-state index contributed by atoms with van der Waals surface area (Å²) in [4.78, 5) is 0. The molecule has 0 amide bonds. The normalized spacial score (nSPS) is 12.0. The molecular formula is C15H14BrCl2NO2. The molecule has 21 heavy (non-hydrogen) atoms. The molecule has 0 spiro atoms. The van der Waals surface area contributed by atoms with E-state index in [1.165, 1.54) is 0 Å². The molecule has 2 aromatic carbocycles. The molecule has 2 aromatic rings. The maximum atomic E-state index is 9.69.